The van der Waals surface area contributed by atoms with Crippen LogP contribution in [0, 0.1) is 5.92 Å². The maximum atomic E-state index is 12.1. The summed E-state index contributed by atoms with van der Waals surface area (Å²) in [5.41, 5.74) is 3.07. The van der Waals surface area contributed by atoms with Crippen LogP contribution in [0.15, 0.2) is 41.5 Å². The van der Waals surface area contributed by atoms with Gasteiger partial charge in [0.25, 0.3) is 11.8 Å². The van der Waals surface area contributed by atoms with Crippen molar-refractivity contribution in [3.63, 3.8) is 0 Å². The highest BCUT2D eigenvalue weighted by atomic mass is 16.4. The number of hydrogen-bond acceptors (Lipinski definition) is 4. The number of carbonyl (C=O) groups is 4. The van der Waals surface area contributed by atoms with E-state index in [0.717, 1.165) is 12.8 Å². The van der Waals surface area contributed by atoms with Gasteiger partial charge in [-0.25, -0.2) is 14.6 Å². The summed E-state index contributed by atoms with van der Waals surface area (Å²) in [6.45, 7) is 4.56. The van der Waals surface area contributed by atoms with E-state index in [1.54, 1.807) is 12.1 Å². The zero-order valence-corrected chi connectivity index (χ0v) is 15.6. The van der Waals surface area contributed by atoms with Crippen LogP contribution >= 0.6 is 0 Å². The Morgan fingerprint density at radius 1 is 1.04 bits per heavy atom. The lowest BCUT2D eigenvalue weighted by molar-refractivity contribution is -0.135. The minimum absolute atomic E-state index is 0.132. The van der Waals surface area contributed by atoms with Gasteiger partial charge in [0, 0.05) is 11.1 Å². The standard InChI is InChI=1S/C13H16N2O2.C6H8O4/c1-2-3-9-11-12(16)14-15(13(11)17)10-7-5-4-6-8-10;1-3(5(7)8)4(2)6(9)10/h4-8,11H,2-3,9H2,1H3,(H,14,16);1-2H3,(H,7,8)(H,9,10)/b;4-3-. The molecule has 146 valence electrons. The third-order valence-corrected chi connectivity index (χ3v) is 4.12. The molecule has 1 atom stereocenters. The molecule has 1 saturated heterocycles. The molecule has 1 aliphatic rings. The highest BCUT2D eigenvalue weighted by molar-refractivity contribution is 6.14. The first-order valence-electron chi connectivity index (χ1n) is 8.54. The summed E-state index contributed by atoms with van der Waals surface area (Å²) < 4.78 is 0. The lowest BCUT2D eigenvalue weighted by Gasteiger charge is -2.14. The number of anilines is 1. The van der Waals surface area contributed by atoms with Gasteiger partial charge in [-0.15, -0.1) is 0 Å². The van der Waals surface area contributed by atoms with E-state index >= 15 is 0 Å². The molecule has 1 aromatic carbocycles. The Kier molecular flexibility index (Phi) is 8.19. The first-order valence-corrected chi connectivity index (χ1v) is 8.54. The number of unbranched alkanes of at least 4 members (excludes halogenated alkanes) is 1. The number of carbonyl (C=O) groups excluding carboxylic acids is 2. The fourth-order valence-corrected chi connectivity index (χ4v) is 2.26. The van der Waals surface area contributed by atoms with Gasteiger partial charge >= 0.3 is 11.9 Å². The van der Waals surface area contributed by atoms with Gasteiger partial charge in [0.1, 0.15) is 5.92 Å². The number of para-hydroxylation sites is 1. The van der Waals surface area contributed by atoms with Crippen molar-refractivity contribution in [3.8, 4) is 0 Å². The van der Waals surface area contributed by atoms with Gasteiger partial charge in [0.2, 0.25) is 0 Å². The number of aliphatic carboxylic acids is 2. The Morgan fingerprint density at radius 2 is 1.56 bits per heavy atom. The second-order valence-corrected chi connectivity index (χ2v) is 6.04. The van der Waals surface area contributed by atoms with Gasteiger partial charge in [-0.2, -0.15) is 0 Å². The average Bonchev–Trinajstić information content (AvgIpc) is 2.93. The third-order valence-electron chi connectivity index (χ3n) is 4.12. The summed E-state index contributed by atoms with van der Waals surface area (Å²) in [5, 5.41) is 17.9. The fraction of sp³-hybridized carbons (Fsp3) is 0.368. The first-order chi connectivity index (χ1) is 12.7. The van der Waals surface area contributed by atoms with Gasteiger partial charge in [-0.3, -0.25) is 15.0 Å². The van der Waals surface area contributed by atoms with Gasteiger partial charge in [-0.1, -0.05) is 38.0 Å². The van der Waals surface area contributed by atoms with Crippen molar-refractivity contribution in [3.05, 3.63) is 41.5 Å². The molecule has 0 bridgehead atoms. The fourth-order valence-electron chi connectivity index (χ4n) is 2.26. The maximum absolute atomic E-state index is 12.1. The van der Waals surface area contributed by atoms with Crippen molar-refractivity contribution in [2.24, 2.45) is 5.92 Å². The maximum Gasteiger partial charge on any atom is 0.331 e. The highest BCUT2D eigenvalue weighted by Gasteiger charge is 2.39. The van der Waals surface area contributed by atoms with E-state index in [2.05, 4.69) is 5.43 Å². The van der Waals surface area contributed by atoms with E-state index in [4.69, 9.17) is 10.2 Å². The highest BCUT2D eigenvalue weighted by Crippen LogP contribution is 2.22. The summed E-state index contributed by atoms with van der Waals surface area (Å²) in [7, 11) is 0. The SMILES string of the molecule is C/C(C(=O)O)=C(\C)C(=O)O.CCCCC1C(=O)NN(c2ccccc2)C1=O. The minimum atomic E-state index is -1.19. The summed E-state index contributed by atoms with van der Waals surface area (Å²) >= 11 is 0. The van der Waals surface area contributed by atoms with Crippen molar-refractivity contribution >= 4 is 29.4 Å². The number of nitrogens with one attached hydrogen (secondary N) is 1. The van der Waals surface area contributed by atoms with Crippen LogP contribution in [0.25, 0.3) is 0 Å². The molecule has 0 saturated carbocycles. The zero-order chi connectivity index (χ0) is 20.6. The molecule has 1 aromatic rings. The van der Waals surface area contributed by atoms with Crippen molar-refractivity contribution in [2.75, 3.05) is 5.01 Å². The van der Waals surface area contributed by atoms with Crippen LogP contribution in [-0.4, -0.2) is 34.0 Å². The summed E-state index contributed by atoms with van der Waals surface area (Å²) in [5.74, 6) is -3.24. The van der Waals surface area contributed by atoms with Crippen LogP contribution < -0.4 is 10.4 Å². The predicted octanol–water partition coefficient (Wildman–Crippen LogP) is 2.36. The molecule has 8 heteroatoms. The number of carboxylic acid groups (broad SMARTS) is 2. The molecule has 1 fully saturated rings. The molecule has 0 aliphatic carbocycles. The van der Waals surface area contributed by atoms with Gasteiger partial charge < -0.3 is 10.2 Å². The largest absolute Gasteiger partial charge is 0.478 e. The second-order valence-electron chi connectivity index (χ2n) is 6.04. The zero-order valence-electron chi connectivity index (χ0n) is 15.6. The van der Waals surface area contributed by atoms with Crippen LogP contribution in [-0.2, 0) is 19.2 Å². The van der Waals surface area contributed by atoms with E-state index in [-0.39, 0.29) is 23.0 Å². The van der Waals surface area contributed by atoms with E-state index in [1.807, 2.05) is 25.1 Å². The minimum Gasteiger partial charge on any atom is -0.478 e. The second kappa shape index (κ2) is 10.1. The predicted molar refractivity (Wildman–Crippen MR) is 98.7 cm³/mol. The van der Waals surface area contributed by atoms with Gasteiger partial charge in [0.15, 0.2) is 0 Å². The van der Waals surface area contributed by atoms with Crippen LogP contribution in [0.2, 0.25) is 0 Å². The van der Waals surface area contributed by atoms with Crippen LogP contribution in [0.1, 0.15) is 40.0 Å². The number of hydrazine groups is 1. The Bertz CT molecular complexity index is 720. The number of rotatable bonds is 6. The van der Waals surface area contributed by atoms with Gasteiger partial charge in [-0.05, 0) is 32.4 Å². The lowest BCUT2D eigenvalue weighted by atomic mass is 10.0. The summed E-state index contributed by atoms with van der Waals surface area (Å²) in [6.07, 6.45) is 2.51. The third kappa shape index (κ3) is 5.95. The molecular formula is C19H24N2O6. The van der Waals surface area contributed by atoms with E-state index in [9.17, 15) is 19.2 Å². The van der Waals surface area contributed by atoms with Crippen LogP contribution in [0.5, 0.6) is 0 Å². The molecule has 8 nitrogen and oxygen atoms in total. The Labute approximate surface area is 157 Å². The van der Waals surface area contributed by atoms with E-state index in [1.165, 1.54) is 18.9 Å². The molecular weight excluding hydrogens is 352 g/mol. The van der Waals surface area contributed by atoms with Crippen LogP contribution in [0.3, 0.4) is 0 Å². The Balaban J connectivity index is 0.000000314. The summed E-state index contributed by atoms with van der Waals surface area (Å²) in [4.78, 5) is 44.0. The number of hydrogen-bond donors (Lipinski definition) is 3. The summed E-state index contributed by atoms with van der Waals surface area (Å²) in [6, 6.07) is 9.17. The molecule has 1 unspecified atom stereocenters. The molecule has 3 N–H and O–H groups in total. The molecule has 2 amide bonds. The van der Waals surface area contributed by atoms with E-state index < -0.39 is 17.9 Å². The Hall–Kier alpha value is -3.16. The van der Waals surface area contributed by atoms with Gasteiger partial charge in [0.05, 0.1) is 5.69 Å². The number of amides is 2. The van der Waals surface area contributed by atoms with Crippen molar-refractivity contribution in [1.29, 1.82) is 0 Å². The number of carboxylic acids is 2. The number of nitrogens with zero attached hydrogens (tertiary/aromatic N) is 1. The van der Waals surface area contributed by atoms with Crippen molar-refractivity contribution in [1.82, 2.24) is 5.43 Å². The monoisotopic (exact) mass is 376 g/mol. The normalized spacial score (nSPS) is 16.9. The smallest absolute Gasteiger partial charge is 0.331 e. The molecule has 1 heterocycles. The van der Waals surface area contributed by atoms with E-state index in [0.29, 0.717) is 12.1 Å². The molecule has 2 rings (SSSR count). The lowest BCUT2D eigenvalue weighted by Crippen LogP contribution is -2.35. The molecule has 0 radical (unpaired) electrons. The van der Waals surface area contributed by atoms with Crippen molar-refractivity contribution < 1.29 is 29.4 Å². The topological polar surface area (TPSA) is 124 Å². The molecule has 0 aromatic heterocycles. The molecule has 27 heavy (non-hydrogen) atoms. The quantitative estimate of drug-likeness (QED) is 0.517. The molecule has 1 aliphatic heterocycles. The average molecular weight is 376 g/mol. The Morgan fingerprint density at radius 3 is 2.00 bits per heavy atom. The van der Waals surface area contributed by atoms with Crippen molar-refractivity contribution in [2.45, 2.75) is 40.0 Å². The van der Waals surface area contributed by atoms with Crippen LogP contribution in [0.4, 0.5) is 5.69 Å². The number of benzene rings is 1. The first kappa shape index (κ1) is 21.9. The molecule has 0 spiro atoms.